The van der Waals surface area contributed by atoms with Gasteiger partial charge in [0.05, 0.1) is 12.3 Å². The second-order valence-corrected chi connectivity index (χ2v) is 6.13. The molecule has 1 aromatic carbocycles. The molecule has 0 bridgehead atoms. The Hall–Kier alpha value is -2.66. The van der Waals surface area contributed by atoms with Crippen LogP contribution in [0.15, 0.2) is 55.0 Å². The van der Waals surface area contributed by atoms with Crippen molar-refractivity contribution in [2.45, 2.75) is 20.0 Å². The van der Waals surface area contributed by atoms with Crippen molar-refractivity contribution < 1.29 is 4.74 Å². The minimum Gasteiger partial charge on any atom is -0.494 e. The number of pyridine rings is 1. The third-order valence-electron chi connectivity index (χ3n) is 3.99. The summed E-state index contributed by atoms with van der Waals surface area (Å²) >= 11 is 0. The highest BCUT2D eigenvalue weighted by molar-refractivity contribution is 5.61. The van der Waals surface area contributed by atoms with Crippen molar-refractivity contribution in [2.75, 3.05) is 13.7 Å². The number of nitrogens with zero attached hydrogens (tertiary/aromatic N) is 4. The van der Waals surface area contributed by atoms with Crippen LogP contribution in [0.2, 0.25) is 0 Å². The van der Waals surface area contributed by atoms with Crippen molar-refractivity contribution in [1.29, 1.82) is 0 Å². The molecule has 5 nitrogen and oxygen atoms in total. The molecule has 0 fully saturated rings. The van der Waals surface area contributed by atoms with Gasteiger partial charge in [0.2, 0.25) is 0 Å². The number of hydrogen-bond acceptors (Lipinski definition) is 4. The molecule has 130 valence electrons. The van der Waals surface area contributed by atoms with E-state index >= 15 is 0 Å². The van der Waals surface area contributed by atoms with Gasteiger partial charge in [0.1, 0.15) is 5.75 Å². The average molecular weight is 336 g/mol. The molecular weight excluding hydrogens is 312 g/mol. The molecule has 0 N–H and O–H groups in total. The molecule has 0 aliphatic heterocycles. The number of hydrogen-bond donors (Lipinski definition) is 0. The molecule has 0 radical (unpaired) electrons. The lowest BCUT2D eigenvalue weighted by Crippen LogP contribution is -2.18. The largest absolute Gasteiger partial charge is 0.494 e. The third kappa shape index (κ3) is 4.25. The van der Waals surface area contributed by atoms with Crippen LogP contribution in [-0.2, 0) is 20.1 Å². The maximum absolute atomic E-state index is 5.73. The molecule has 0 atom stereocenters. The van der Waals surface area contributed by atoms with Gasteiger partial charge in [-0.3, -0.25) is 14.6 Å². The smallest absolute Gasteiger partial charge is 0.123 e. The fourth-order valence-electron chi connectivity index (χ4n) is 2.97. The van der Waals surface area contributed by atoms with Crippen molar-refractivity contribution in [3.8, 4) is 17.0 Å². The Morgan fingerprint density at radius 2 is 1.88 bits per heavy atom. The van der Waals surface area contributed by atoms with Gasteiger partial charge in [0.15, 0.2) is 0 Å². The summed E-state index contributed by atoms with van der Waals surface area (Å²) in [5, 5.41) is 4.61. The summed E-state index contributed by atoms with van der Waals surface area (Å²) in [7, 11) is 4.07. The third-order valence-corrected chi connectivity index (χ3v) is 3.99. The molecule has 0 amide bonds. The summed E-state index contributed by atoms with van der Waals surface area (Å²) in [4.78, 5) is 6.48. The van der Waals surface area contributed by atoms with E-state index in [9.17, 15) is 0 Å². The van der Waals surface area contributed by atoms with Crippen LogP contribution in [-0.4, -0.2) is 33.3 Å². The van der Waals surface area contributed by atoms with E-state index in [0.717, 1.165) is 30.1 Å². The van der Waals surface area contributed by atoms with Gasteiger partial charge in [0, 0.05) is 55.4 Å². The minimum atomic E-state index is 0.675. The zero-order valence-corrected chi connectivity index (χ0v) is 15.0. The predicted molar refractivity (Wildman–Crippen MR) is 99.2 cm³/mol. The van der Waals surface area contributed by atoms with Crippen LogP contribution < -0.4 is 4.74 Å². The van der Waals surface area contributed by atoms with Crippen LogP contribution in [0.5, 0.6) is 5.75 Å². The summed E-state index contributed by atoms with van der Waals surface area (Å²) < 4.78 is 7.59. The summed E-state index contributed by atoms with van der Waals surface area (Å²) in [5.74, 6) is 0.954. The number of rotatable bonds is 7. The summed E-state index contributed by atoms with van der Waals surface area (Å²) in [5.41, 5.74) is 4.41. The normalized spacial score (nSPS) is 11.0. The number of benzene rings is 1. The van der Waals surface area contributed by atoms with Gasteiger partial charge in [0.25, 0.3) is 0 Å². The highest BCUT2D eigenvalue weighted by Gasteiger charge is 2.13. The standard InChI is InChI=1S/C20H24N4O/c1-4-25-19-10-6-5-8-17(19)13-23(2)14-18-15-24(3)22-20(18)16-9-7-11-21-12-16/h5-12,15H,4,13-14H2,1-3H3. The van der Waals surface area contributed by atoms with E-state index < -0.39 is 0 Å². The lowest BCUT2D eigenvalue weighted by Gasteiger charge is -2.18. The molecule has 2 heterocycles. The highest BCUT2D eigenvalue weighted by atomic mass is 16.5. The van der Waals surface area contributed by atoms with Crippen LogP contribution in [0.4, 0.5) is 0 Å². The van der Waals surface area contributed by atoms with Gasteiger partial charge in [-0.15, -0.1) is 0 Å². The number of aromatic nitrogens is 3. The van der Waals surface area contributed by atoms with Gasteiger partial charge >= 0.3 is 0 Å². The van der Waals surface area contributed by atoms with E-state index in [1.807, 2.05) is 49.1 Å². The lowest BCUT2D eigenvalue weighted by molar-refractivity contribution is 0.298. The molecule has 0 unspecified atom stereocenters. The number of para-hydroxylation sites is 1. The molecule has 25 heavy (non-hydrogen) atoms. The topological polar surface area (TPSA) is 43.2 Å². The molecule has 0 saturated heterocycles. The van der Waals surface area contributed by atoms with E-state index in [2.05, 4.69) is 40.4 Å². The fourth-order valence-corrected chi connectivity index (χ4v) is 2.97. The van der Waals surface area contributed by atoms with E-state index in [1.54, 1.807) is 6.20 Å². The van der Waals surface area contributed by atoms with E-state index in [-0.39, 0.29) is 0 Å². The summed E-state index contributed by atoms with van der Waals surface area (Å²) in [6.45, 7) is 4.31. The molecule has 0 spiro atoms. The molecular formula is C20H24N4O. The van der Waals surface area contributed by atoms with Crippen LogP contribution in [0, 0.1) is 0 Å². The van der Waals surface area contributed by atoms with Crippen LogP contribution in [0.25, 0.3) is 11.3 Å². The summed E-state index contributed by atoms with van der Waals surface area (Å²) in [6.07, 6.45) is 5.71. The quantitative estimate of drug-likeness (QED) is 0.662. The van der Waals surface area contributed by atoms with Crippen molar-refractivity contribution >= 4 is 0 Å². The van der Waals surface area contributed by atoms with Crippen molar-refractivity contribution in [3.05, 3.63) is 66.1 Å². The van der Waals surface area contributed by atoms with Crippen molar-refractivity contribution in [3.63, 3.8) is 0 Å². The van der Waals surface area contributed by atoms with Gasteiger partial charge in [-0.25, -0.2) is 0 Å². The Balaban J connectivity index is 1.77. The molecule has 0 aliphatic rings. The molecule has 5 heteroatoms. The first-order chi connectivity index (χ1) is 12.2. The fraction of sp³-hybridized carbons (Fsp3) is 0.300. The molecule has 3 rings (SSSR count). The lowest BCUT2D eigenvalue weighted by atomic mass is 10.1. The Morgan fingerprint density at radius 1 is 1.08 bits per heavy atom. The molecule has 0 saturated carbocycles. The Kier molecular flexibility index (Phi) is 5.46. The van der Waals surface area contributed by atoms with Crippen LogP contribution >= 0.6 is 0 Å². The van der Waals surface area contributed by atoms with E-state index in [4.69, 9.17) is 4.74 Å². The van der Waals surface area contributed by atoms with Crippen LogP contribution in [0.3, 0.4) is 0 Å². The Labute approximate surface area is 148 Å². The van der Waals surface area contributed by atoms with E-state index in [0.29, 0.717) is 6.61 Å². The van der Waals surface area contributed by atoms with Gasteiger partial charge in [-0.05, 0) is 32.2 Å². The number of ether oxygens (including phenoxy) is 1. The zero-order valence-electron chi connectivity index (χ0n) is 15.0. The maximum Gasteiger partial charge on any atom is 0.123 e. The van der Waals surface area contributed by atoms with Gasteiger partial charge in [-0.1, -0.05) is 18.2 Å². The first-order valence-electron chi connectivity index (χ1n) is 8.49. The van der Waals surface area contributed by atoms with Crippen molar-refractivity contribution in [2.24, 2.45) is 7.05 Å². The first kappa shape index (κ1) is 17.2. The minimum absolute atomic E-state index is 0.675. The zero-order chi connectivity index (χ0) is 17.6. The first-order valence-corrected chi connectivity index (χ1v) is 8.49. The SMILES string of the molecule is CCOc1ccccc1CN(C)Cc1cn(C)nc1-c1cccnc1. The number of aryl methyl sites for hydroxylation is 1. The second-order valence-electron chi connectivity index (χ2n) is 6.13. The maximum atomic E-state index is 5.73. The van der Waals surface area contributed by atoms with E-state index in [1.165, 1.54) is 11.1 Å². The van der Waals surface area contributed by atoms with Gasteiger partial charge < -0.3 is 4.74 Å². The molecule has 0 aliphatic carbocycles. The Morgan fingerprint density at radius 3 is 2.64 bits per heavy atom. The van der Waals surface area contributed by atoms with Gasteiger partial charge in [-0.2, -0.15) is 5.10 Å². The predicted octanol–water partition coefficient (Wildman–Crippen LogP) is 3.51. The molecule has 3 aromatic rings. The highest BCUT2D eigenvalue weighted by Crippen LogP contribution is 2.24. The monoisotopic (exact) mass is 336 g/mol. The van der Waals surface area contributed by atoms with Crippen molar-refractivity contribution in [1.82, 2.24) is 19.7 Å². The van der Waals surface area contributed by atoms with Crippen LogP contribution in [0.1, 0.15) is 18.1 Å². The summed E-state index contributed by atoms with van der Waals surface area (Å²) in [6, 6.07) is 12.2. The Bertz CT molecular complexity index is 814. The second kappa shape index (κ2) is 7.94. The average Bonchev–Trinajstić information content (AvgIpc) is 2.98. The molecule has 2 aromatic heterocycles.